The third-order valence-corrected chi connectivity index (χ3v) is 3.81. The third kappa shape index (κ3) is 5.08. The van der Waals surface area contributed by atoms with E-state index in [1.54, 1.807) is 17.1 Å². The van der Waals surface area contributed by atoms with Crippen LogP contribution in [0.4, 0.5) is 13.2 Å². The van der Waals surface area contributed by atoms with Crippen LogP contribution in [0.1, 0.15) is 33.3 Å². The first-order valence-corrected chi connectivity index (χ1v) is 7.84. The van der Waals surface area contributed by atoms with E-state index in [0.29, 0.717) is 17.7 Å². The van der Waals surface area contributed by atoms with Gasteiger partial charge in [0.25, 0.3) is 0 Å². The van der Waals surface area contributed by atoms with Crippen molar-refractivity contribution in [2.75, 3.05) is 0 Å². The highest BCUT2D eigenvalue weighted by Crippen LogP contribution is 2.31. The zero-order valence-corrected chi connectivity index (χ0v) is 14.6. The standard InChI is InChI=1S/C18H21F3N2O2/c1-12(24)25-16(17(2,3)4)11-23-10-14(9-22-23)13-5-7-15(8-6-13)18(19,20)21/h5-10,16H,11H2,1-4H3. The van der Waals surface area contributed by atoms with E-state index >= 15 is 0 Å². The van der Waals surface area contributed by atoms with Crippen molar-refractivity contribution >= 4 is 5.97 Å². The Morgan fingerprint density at radius 3 is 2.24 bits per heavy atom. The first-order chi connectivity index (χ1) is 11.5. The number of benzene rings is 1. The van der Waals surface area contributed by atoms with Crippen molar-refractivity contribution in [2.45, 2.75) is 46.5 Å². The Labute approximate surface area is 144 Å². The number of carbonyl (C=O) groups is 1. The van der Waals surface area contributed by atoms with E-state index in [2.05, 4.69) is 5.10 Å². The monoisotopic (exact) mass is 354 g/mol. The van der Waals surface area contributed by atoms with Crippen molar-refractivity contribution in [3.8, 4) is 11.1 Å². The molecule has 0 saturated heterocycles. The molecular formula is C18H21F3N2O2. The van der Waals surface area contributed by atoms with Gasteiger partial charge in [-0.15, -0.1) is 0 Å². The van der Waals surface area contributed by atoms with Gasteiger partial charge in [0.15, 0.2) is 0 Å². The summed E-state index contributed by atoms with van der Waals surface area (Å²) in [5.41, 5.74) is 0.376. The van der Waals surface area contributed by atoms with Crippen molar-refractivity contribution in [2.24, 2.45) is 5.41 Å². The minimum atomic E-state index is -4.35. The number of carbonyl (C=O) groups excluding carboxylic acids is 1. The quantitative estimate of drug-likeness (QED) is 0.757. The summed E-state index contributed by atoms with van der Waals surface area (Å²) in [6.45, 7) is 7.60. The third-order valence-electron chi connectivity index (χ3n) is 3.81. The van der Waals surface area contributed by atoms with E-state index in [9.17, 15) is 18.0 Å². The van der Waals surface area contributed by atoms with Crippen LogP contribution in [0.5, 0.6) is 0 Å². The van der Waals surface area contributed by atoms with E-state index in [-0.39, 0.29) is 17.5 Å². The summed E-state index contributed by atoms with van der Waals surface area (Å²) in [6.07, 6.45) is -1.42. The Bertz CT molecular complexity index is 728. The molecule has 4 nitrogen and oxygen atoms in total. The zero-order valence-electron chi connectivity index (χ0n) is 14.6. The molecule has 1 heterocycles. The van der Waals surface area contributed by atoms with Crippen molar-refractivity contribution < 1.29 is 22.7 Å². The Morgan fingerprint density at radius 1 is 1.16 bits per heavy atom. The largest absolute Gasteiger partial charge is 0.460 e. The number of esters is 1. The smallest absolute Gasteiger partial charge is 0.416 e. The van der Waals surface area contributed by atoms with Crippen molar-refractivity contribution in [3.05, 3.63) is 42.2 Å². The summed E-state index contributed by atoms with van der Waals surface area (Å²) >= 11 is 0. The number of nitrogens with zero attached hydrogens (tertiary/aromatic N) is 2. The molecule has 7 heteroatoms. The van der Waals surface area contributed by atoms with Gasteiger partial charge >= 0.3 is 12.1 Å². The van der Waals surface area contributed by atoms with Gasteiger partial charge in [-0.25, -0.2) is 0 Å². The van der Waals surface area contributed by atoms with Crippen molar-refractivity contribution in [1.29, 1.82) is 0 Å². The molecule has 1 aromatic heterocycles. The van der Waals surface area contributed by atoms with Gasteiger partial charge in [0, 0.05) is 24.1 Å². The number of alkyl halides is 3. The van der Waals surface area contributed by atoms with Crippen LogP contribution in [-0.2, 0) is 22.3 Å². The lowest BCUT2D eigenvalue weighted by Gasteiger charge is -2.29. The Balaban J connectivity index is 2.17. The predicted molar refractivity (Wildman–Crippen MR) is 87.7 cm³/mol. The van der Waals surface area contributed by atoms with Crippen LogP contribution >= 0.6 is 0 Å². The summed E-state index contributed by atoms with van der Waals surface area (Å²) < 4.78 is 44.9. The second-order valence-electron chi connectivity index (χ2n) is 6.99. The first-order valence-electron chi connectivity index (χ1n) is 7.84. The summed E-state index contributed by atoms with van der Waals surface area (Å²) in [6, 6.07) is 4.92. The summed E-state index contributed by atoms with van der Waals surface area (Å²) in [4.78, 5) is 11.3. The molecule has 2 rings (SSSR count). The molecule has 0 saturated carbocycles. The molecule has 1 unspecified atom stereocenters. The first kappa shape index (κ1) is 19.0. The number of hydrogen-bond acceptors (Lipinski definition) is 3. The lowest BCUT2D eigenvalue weighted by atomic mass is 9.89. The van der Waals surface area contributed by atoms with Crippen molar-refractivity contribution in [3.63, 3.8) is 0 Å². The van der Waals surface area contributed by atoms with E-state index in [4.69, 9.17) is 4.74 Å². The highest BCUT2D eigenvalue weighted by molar-refractivity contribution is 5.66. The Morgan fingerprint density at radius 2 is 1.76 bits per heavy atom. The maximum absolute atomic E-state index is 12.6. The van der Waals surface area contributed by atoms with E-state index in [0.717, 1.165) is 12.1 Å². The summed E-state index contributed by atoms with van der Waals surface area (Å²) in [5, 5.41) is 4.23. The minimum Gasteiger partial charge on any atom is -0.460 e. The van der Waals surface area contributed by atoms with Crippen LogP contribution in [0.3, 0.4) is 0 Å². The molecule has 0 bridgehead atoms. The Kier molecular flexibility index (Phi) is 5.25. The molecule has 0 fully saturated rings. The molecule has 136 valence electrons. The SMILES string of the molecule is CC(=O)OC(Cn1cc(-c2ccc(C(F)(F)F)cc2)cn1)C(C)(C)C. The lowest BCUT2D eigenvalue weighted by Crippen LogP contribution is -2.35. The predicted octanol–water partition coefficient (Wildman–Crippen LogP) is 4.55. The number of ether oxygens (including phenoxy) is 1. The van der Waals surface area contributed by atoms with Crippen LogP contribution in [0.15, 0.2) is 36.7 Å². The molecule has 0 aliphatic rings. The van der Waals surface area contributed by atoms with E-state index in [1.807, 2.05) is 20.8 Å². The van der Waals surface area contributed by atoms with Gasteiger partial charge < -0.3 is 4.74 Å². The molecule has 25 heavy (non-hydrogen) atoms. The number of rotatable bonds is 4. The second-order valence-corrected chi connectivity index (χ2v) is 6.99. The van der Waals surface area contributed by atoms with Gasteiger partial charge in [0.05, 0.1) is 18.3 Å². The molecule has 0 radical (unpaired) electrons. The van der Waals surface area contributed by atoms with Crippen molar-refractivity contribution in [1.82, 2.24) is 9.78 Å². The van der Waals surface area contributed by atoms with Gasteiger partial charge in [0.1, 0.15) is 6.10 Å². The molecule has 0 aliphatic carbocycles. The fraction of sp³-hybridized carbons (Fsp3) is 0.444. The Hall–Kier alpha value is -2.31. The van der Waals surface area contributed by atoms with Crippen LogP contribution in [0.25, 0.3) is 11.1 Å². The van der Waals surface area contributed by atoms with Gasteiger partial charge in [0.2, 0.25) is 0 Å². The maximum atomic E-state index is 12.6. The normalized spacial score (nSPS) is 13.6. The second kappa shape index (κ2) is 6.90. The number of aromatic nitrogens is 2. The molecule has 0 amide bonds. The number of hydrogen-bond donors (Lipinski definition) is 0. The summed E-state index contributed by atoms with van der Waals surface area (Å²) in [7, 11) is 0. The van der Waals surface area contributed by atoms with Crippen LogP contribution in [0.2, 0.25) is 0 Å². The lowest BCUT2D eigenvalue weighted by molar-refractivity contribution is -0.153. The van der Waals surface area contributed by atoms with Crippen LogP contribution in [-0.4, -0.2) is 21.9 Å². The topological polar surface area (TPSA) is 44.1 Å². The minimum absolute atomic E-state index is 0.272. The average molecular weight is 354 g/mol. The molecule has 1 atom stereocenters. The number of halogens is 3. The molecule has 0 aliphatic heterocycles. The van der Waals surface area contributed by atoms with Gasteiger partial charge in [-0.05, 0) is 17.7 Å². The maximum Gasteiger partial charge on any atom is 0.416 e. The molecule has 1 aromatic carbocycles. The molecule has 0 N–H and O–H groups in total. The van der Waals surface area contributed by atoms with Gasteiger partial charge in [-0.2, -0.15) is 18.3 Å². The zero-order chi connectivity index (χ0) is 18.8. The van der Waals surface area contributed by atoms with Crippen LogP contribution < -0.4 is 0 Å². The molecule has 0 spiro atoms. The van der Waals surface area contributed by atoms with E-state index in [1.165, 1.54) is 19.1 Å². The highest BCUT2D eigenvalue weighted by Gasteiger charge is 2.30. The summed E-state index contributed by atoms with van der Waals surface area (Å²) in [5.74, 6) is -0.366. The molecular weight excluding hydrogens is 333 g/mol. The highest BCUT2D eigenvalue weighted by atomic mass is 19.4. The fourth-order valence-corrected chi connectivity index (χ4v) is 2.32. The van der Waals surface area contributed by atoms with Gasteiger partial charge in [-0.3, -0.25) is 9.48 Å². The fourth-order valence-electron chi connectivity index (χ4n) is 2.32. The van der Waals surface area contributed by atoms with E-state index < -0.39 is 11.7 Å². The van der Waals surface area contributed by atoms with Gasteiger partial charge in [-0.1, -0.05) is 32.9 Å². The van der Waals surface area contributed by atoms with Crippen LogP contribution in [0, 0.1) is 5.41 Å². The molecule has 2 aromatic rings. The average Bonchev–Trinajstić information content (AvgIpc) is 2.93.